The van der Waals surface area contributed by atoms with Crippen molar-refractivity contribution < 1.29 is 14.4 Å². The highest BCUT2D eigenvalue weighted by Crippen LogP contribution is 2.33. The maximum Gasteiger partial charge on any atom is 0.253 e. The summed E-state index contributed by atoms with van der Waals surface area (Å²) in [6, 6.07) is 13.9. The van der Waals surface area contributed by atoms with Crippen molar-refractivity contribution in [2.75, 3.05) is 23.8 Å². The molecular weight excluding hydrogens is 390 g/mol. The predicted molar refractivity (Wildman–Crippen MR) is 114 cm³/mol. The fourth-order valence-electron chi connectivity index (χ4n) is 2.98. The molecule has 3 rings (SSSR count). The highest BCUT2D eigenvalue weighted by Gasteiger charge is 2.33. The minimum absolute atomic E-state index is 0.0455. The molecule has 2 aromatic carbocycles. The molecule has 3 amide bonds. The summed E-state index contributed by atoms with van der Waals surface area (Å²) >= 11 is 5.82. The number of carbonyl (C=O) groups is 3. The Morgan fingerprint density at radius 3 is 2.45 bits per heavy atom. The van der Waals surface area contributed by atoms with Gasteiger partial charge in [0, 0.05) is 36.6 Å². The molecule has 0 radical (unpaired) electrons. The lowest BCUT2D eigenvalue weighted by Gasteiger charge is -2.20. The number of halogens is 1. The van der Waals surface area contributed by atoms with Gasteiger partial charge in [0.05, 0.1) is 11.3 Å². The van der Waals surface area contributed by atoms with E-state index in [4.69, 9.17) is 11.6 Å². The summed E-state index contributed by atoms with van der Waals surface area (Å²) in [4.78, 5) is 38.5. The Morgan fingerprint density at radius 1 is 1.07 bits per heavy atom. The molecule has 29 heavy (non-hydrogen) atoms. The lowest BCUT2D eigenvalue weighted by Crippen LogP contribution is -2.32. The lowest BCUT2D eigenvalue weighted by molar-refractivity contribution is -0.119. The summed E-state index contributed by atoms with van der Waals surface area (Å²) in [6.07, 6.45) is 2.61. The minimum atomic E-state index is -0.255. The third-order valence-electron chi connectivity index (χ3n) is 4.76. The molecule has 152 valence electrons. The highest BCUT2D eigenvalue weighted by molar-refractivity contribution is 6.30. The van der Waals surface area contributed by atoms with E-state index in [0.717, 1.165) is 12.8 Å². The average Bonchev–Trinajstić information content (AvgIpc) is 3.57. The van der Waals surface area contributed by atoms with Gasteiger partial charge in [-0.3, -0.25) is 14.4 Å². The zero-order valence-electron chi connectivity index (χ0n) is 16.3. The number of nitrogens with one attached hydrogen (secondary N) is 2. The molecule has 0 saturated heterocycles. The van der Waals surface area contributed by atoms with Crippen LogP contribution < -0.4 is 15.5 Å². The van der Waals surface area contributed by atoms with Gasteiger partial charge in [-0.25, -0.2) is 0 Å². The number of carbonyl (C=O) groups excluding carboxylic acids is 3. The molecule has 0 aliphatic heterocycles. The zero-order chi connectivity index (χ0) is 20.8. The molecule has 1 aliphatic rings. The van der Waals surface area contributed by atoms with Gasteiger partial charge in [-0.1, -0.05) is 23.7 Å². The normalized spacial score (nSPS) is 12.9. The van der Waals surface area contributed by atoms with Gasteiger partial charge in [0.2, 0.25) is 11.8 Å². The van der Waals surface area contributed by atoms with Crippen LogP contribution in [-0.4, -0.2) is 31.3 Å². The Bertz CT molecular complexity index is 894. The van der Waals surface area contributed by atoms with E-state index in [1.54, 1.807) is 54.4 Å². The van der Waals surface area contributed by atoms with Gasteiger partial charge in [-0.15, -0.1) is 0 Å². The van der Waals surface area contributed by atoms with Crippen LogP contribution in [0, 0.1) is 5.92 Å². The van der Waals surface area contributed by atoms with E-state index in [1.165, 1.54) is 0 Å². The van der Waals surface area contributed by atoms with E-state index in [1.807, 2.05) is 6.07 Å². The molecule has 7 heteroatoms. The lowest BCUT2D eigenvalue weighted by atomic mass is 10.1. The van der Waals surface area contributed by atoms with Crippen molar-refractivity contribution >= 4 is 40.7 Å². The SMILES string of the molecule is CN(C(=O)C1CC1)c1ccccc1C(=O)NCCCC(=O)Nc1ccc(Cl)cc1. The Hall–Kier alpha value is -2.86. The van der Waals surface area contributed by atoms with Gasteiger partial charge in [0.25, 0.3) is 5.91 Å². The fourth-order valence-corrected chi connectivity index (χ4v) is 3.11. The number of anilines is 2. The third-order valence-corrected chi connectivity index (χ3v) is 5.01. The smallest absolute Gasteiger partial charge is 0.253 e. The highest BCUT2D eigenvalue weighted by atomic mass is 35.5. The van der Waals surface area contributed by atoms with E-state index in [2.05, 4.69) is 10.6 Å². The van der Waals surface area contributed by atoms with Crippen LogP contribution >= 0.6 is 11.6 Å². The van der Waals surface area contributed by atoms with Gasteiger partial charge in [0.15, 0.2) is 0 Å². The van der Waals surface area contributed by atoms with Crippen molar-refractivity contribution in [1.29, 1.82) is 0 Å². The van der Waals surface area contributed by atoms with E-state index in [-0.39, 0.29) is 30.1 Å². The first-order chi connectivity index (χ1) is 14.0. The van der Waals surface area contributed by atoms with Crippen LogP contribution in [0.1, 0.15) is 36.0 Å². The number of hydrogen-bond donors (Lipinski definition) is 2. The van der Waals surface area contributed by atoms with Crippen molar-refractivity contribution in [3.63, 3.8) is 0 Å². The number of para-hydroxylation sites is 1. The fraction of sp³-hybridized carbons (Fsp3) is 0.318. The minimum Gasteiger partial charge on any atom is -0.352 e. The second-order valence-corrected chi connectivity index (χ2v) is 7.54. The second-order valence-electron chi connectivity index (χ2n) is 7.10. The summed E-state index contributed by atoms with van der Waals surface area (Å²) in [5, 5.41) is 6.22. The summed E-state index contributed by atoms with van der Waals surface area (Å²) in [5.41, 5.74) is 1.73. The van der Waals surface area contributed by atoms with Crippen LogP contribution in [-0.2, 0) is 9.59 Å². The van der Waals surface area contributed by atoms with Crippen LogP contribution in [0.5, 0.6) is 0 Å². The molecule has 0 atom stereocenters. The first-order valence-electron chi connectivity index (χ1n) is 9.66. The Kier molecular flexibility index (Phi) is 6.88. The molecule has 0 aromatic heterocycles. The molecule has 2 N–H and O–H groups in total. The van der Waals surface area contributed by atoms with Crippen molar-refractivity contribution in [2.24, 2.45) is 5.92 Å². The van der Waals surface area contributed by atoms with Gasteiger partial charge in [0.1, 0.15) is 0 Å². The Morgan fingerprint density at radius 2 is 1.76 bits per heavy atom. The van der Waals surface area contributed by atoms with E-state index in [0.29, 0.717) is 34.9 Å². The Labute approximate surface area is 175 Å². The molecule has 2 aromatic rings. The Balaban J connectivity index is 1.47. The monoisotopic (exact) mass is 413 g/mol. The van der Waals surface area contributed by atoms with E-state index >= 15 is 0 Å². The maximum atomic E-state index is 12.6. The van der Waals surface area contributed by atoms with Crippen LogP contribution in [0.4, 0.5) is 11.4 Å². The third kappa shape index (κ3) is 5.81. The second kappa shape index (κ2) is 9.56. The number of benzene rings is 2. The maximum absolute atomic E-state index is 12.6. The van der Waals surface area contributed by atoms with E-state index in [9.17, 15) is 14.4 Å². The molecule has 1 saturated carbocycles. The molecule has 1 aliphatic carbocycles. The van der Waals surface area contributed by atoms with Crippen LogP contribution in [0.15, 0.2) is 48.5 Å². The molecule has 6 nitrogen and oxygen atoms in total. The molecule has 0 bridgehead atoms. The van der Waals surface area contributed by atoms with Crippen molar-refractivity contribution in [1.82, 2.24) is 5.32 Å². The molecule has 0 heterocycles. The standard InChI is InChI=1S/C22H24ClN3O3/c1-26(22(29)15-8-9-15)19-6-3-2-5-18(19)21(28)24-14-4-7-20(27)25-17-12-10-16(23)11-13-17/h2-3,5-6,10-13,15H,4,7-9,14H2,1H3,(H,24,28)(H,25,27). The summed E-state index contributed by atoms with van der Waals surface area (Å²) in [7, 11) is 1.70. The molecule has 0 unspecified atom stereocenters. The van der Waals surface area contributed by atoms with Crippen molar-refractivity contribution in [3.8, 4) is 0 Å². The molecule has 0 spiro atoms. The number of rotatable bonds is 8. The quantitative estimate of drug-likeness (QED) is 0.645. The largest absolute Gasteiger partial charge is 0.352 e. The zero-order valence-corrected chi connectivity index (χ0v) is 17.0. The molecular formula is C22H24ClN3O3. The first-order valence-corrected chi connectivity index (χ1v) is 10.0. The first kappa shape index (κ1) is 20.9. The number of nitrogens with zero attached hydrogens (tertiary/aromatic N) is 1. The number of amides is 3. The van der Waals surface area contributed by atoms with Crippen molar-refractivity contribution in [3.05, 3.63) is 59.1 Å². The van der Waals surface area contributed by atoms with Crippen LogP contribution in [0.25, 0.3) is 0 Å². The summed E-state index contributed by atoms with van der Waals surface area (Å²) < 4.78 is 0. The van der Waals surface area contributed by atoms with E-state index < -0.39 is 0 Å². The van der Waals surface area contributed by atoms with Gasteiger partial charge >= 0.3 is 0 Å². The van der Waals surface area contributed by atoms with Crippen LogP contribution in [0.3, 0.4) is 0 Å². The van der Waals surface area contributed by atoms with Gasteiger partial charge in [-0.2, -0.15) is 0 Å². The molecule has 1 fully saturated rings. The topological polar surface area (TPSA) is 78.5 Å². The number of hydrogen-bond acceptors (Lipinski definition) is 3. The van der Waals surface area contributed by atoms with Crippen molar-refractivity contribution in [2.45, 2.75) is 25.7 Å². The summed E-state index contributed by atoms with van der Waals surface area (Å²) in [6.45, 7) is 0.363. The van der Waals surface area contributed by atoms with Crippen LogP contribution in [0.2, 0.25) is 5.02 Å². The predicted octanol–water partition coefficient (Wildman–Crippen LogP) is 3.86. The van der Waals surface area contributed by atoms with Gasteiger partial charge < -0.3 is 15.5 Å². The van der Waals surface area contributed by atoms with Gasteiger partial charge in [-0.05, 0) is 55.7 Å². The average molecular weight is 414 g/mol. The summed E-state index contributed by atoms with van der Waals surface area (Å²) in [5.74, 6) is -0.259.